The van der Waals surface area contributed by atoms with Gasteiger partial charge in [-0.1, -0.05) is 13.3 Å². The molecule has 2 aromatic carbocycles. The van der Waals surface area contributed by atoms with Crippen molar-refractivity contribution in [1.29, 1.82) is 0 Å². The number of aliphatic hydroxyl groups excluding tert-OH is 1. The van der Waals surface area contributed by atoms with Crippen LogP contribution in [0.4, 0.5) is 0 Å². The maximum Gasteiger partial charge on any atom is 0.161 e. The van der Waals surface area contributed by atoms with Gasteiger partial charge in [0.25, 0.3) is 0 Å². The molecule has 170 valence electrons. The van der Waals surface area contributed by atoms with Gasteiger partial charge in [0, 0.05) is 30.2 Å². The number of aliphatic hydroxyl groups is 1. The van der Waals surface area contributed by atoms with Gasteiger partial charge in [-0.2, -0.15) is 0 Å². The van der Waals surface area contributed by atoms with Crippen LogP contribution in [0.1, 0.15) is 48.2 Å². The van der Waals surface area contributed by atoms with Crippen LogP contribution < -0.4 is 14.2 Å². The van der Waals surface area contributed by atoms with Gasteiger partial charge in [-0.3, -0.25) is 4.90 Å². The maximum atomic E-state index is 10.1. The first-order chi connectivity index (χ1) is 15.7. The molecule has 0 spiro atoms. The molecule has 32 heavy (non-hydrogen) atoms. The molecule has 6 nitrogen and oxygen atoms in total. The summed E-state index contributed by atoms with van der Waals surface area (Å²) in [5.41, 5.74) is 6.27. The minimum Gasteiger partial charge on any atom is -0.497 e. The van der Waals surface area contributed by atoms with E-state index in [-0.39, 0.29) is 12.8 Å². The van der Waals surface area contributed by atoms with Crippen LogP contribution in [-0.2, 0) is 26.1 Å². The Hall–Kier alpha value is -2.70. The molecule has 2 aliphatic heterocycles. The van der Waals surface area contributed by atoms with Crippen molar-refractivity contribution < 1.29 is 19.3 Å². The predicted octanol–water partition coefficient (Wildman–Crippen LogP) is 4.44. The van der Waals surface area contributed by atoms with Gasteiger partial charge in [0.1, 0.15) is 12.5 Å². The highest BCUT2D eigenvalue weighted by Crippen LogP contribution is 2.45. The van der Waals surface area contributed by atoms with Crippen molar-refractivity contribution in [3.05, 3.63) is 52.7 Å². The van der Waals surface area contributed by atoms with Gasteiger partial charge in [-0.15, -0.1) is 0 Å². The smallest absolute Gasteiger partial charge is 0.161 e. The molecule has 1 N–H and O–H groups in total. The lowest BCUT2D eigenvalue weighted by atomic mass is 9.85. The lowest BCUT2D eigenvalue weighted by molar-refractivity contribution is 0.145. The second-order valence-electron chi connectivity index (χ2n) is 8.72. The third-order valence-corrected chi connectivity index (χ3v) is 7.03. The van der Waals surface area contributed by atoms with Gasteiger partial charge in [0.15, 0.2) is 11.5 Å². The Balaban J connectivity index is 1.57. The van der Waals surface area contributed by atoms with Gasteiger partial charge >= 0.3 is 0 Å². The van der Waals surface area contributed by atoms with Gasteiger partial charge in [-0.05, 0) is 66.3 Å². The lowest BCUT2D eigenvalue weighted by Crippen LogP contribution is -2.39. The van der Waals surface area contributed by atoms with E-state index in [1.807, 2.05) is 10.6 Å². The van der Waals surface area contributed by atoms with Crippen LogP contribution in [0.5, 0.6) is 17.2 Å². The number of ether oxygens (including phenoxy) is 3. The van der Waals surface area contributed by atoms with E-state index in [9.17, 15) is 5.11 Å². The second-order valence-corrected chi connectivity index (χ2v) is 8.72. The zero-order valence-electron chi connectivity index (χ0n) is 19.2. The predicted molar refractivity (Wildman–Crippen MR) is 125 cm³/mol. The number of fused-ring (bicyclic) bond motifs is 6. The maximum absolute atomic E-state index is 10.1. The first-order valence-corrected chi connectivity index (χ1v) is 11.5. The first-order valence-electron chi connectivity index (χ1n) is 11.5. The Morgan fingerprint density at radius 2 is 1.97 bits per heavy atom. The standard InChI is InChI=1S/C26H32N2O4/c1-4-5-10-32-26-14-19-17(11-25(26)31-3)8-9-27-15-24-21(13-23(19)27)20-12-18(30-2)6-7-22(20)28(24)16-29/h6-7,11-12,14,23,29H,4-5,8-10,13,15-16H2,1-3H3. The fraction of sp³-hybridized carbons (Fsp3) is 0.462. The Morgan fingerprint density at radius 3 is 2.72 bits per heavy atom. The number of benzene rings is 2. The number of methoxy groups -OCH3 is 2. The van der Waals surface area contributed by atoms with Crippen LogP contribution in [0, 0.1) is 0 Å². The topological polar surface area (TPSA) is 56.1 Å². The number of rotatable bonds is 7. The van der Waals surface area contributed by atoms with Crippen LogP contribution in [0.15, 0.2) is 30.3 Å². The average Bonchev–Trinajstić information content (AvgIpc) is 3.14. The summed E-state index contributed by atoms with van der Waals surface area (Å²) in [5, 5.41) is 11.3. The van der Waals surface area contributed by atoms with Gasteiger partial charge < -0.3 is 23.9 Å². The fourth-order valence-corrected chi connectivity index (χ4v) is 5.33. The molecule has 0 fully saturated rings. The zero-order valence-corrected chi connectivity index (χ0v) is 19.2. The van der Waals surface area contributed by atoms with Crippen LogP contribution in [0.25, 0.3) is 10.9 Å². The van der Waals surface area contributed by atoms with E-state index in [1.54, 1.807) is 14.2 Å². The summed E-state index contributed by atoms with van der Waals surface area (Å²) in [6, 6.07) is 10.8. The fourth-order valence-electron chi connectivity index (χ4n) is 5.33. The summed E-state index contributed by atoms with van der Waals surface area (Å²) < 4.78 is 19.3. The van der Waals surface area contributed by atoms with Crippen molar-refractivity contribution in [2.75, 3.05) is 27.4 Å². The molecule has 0 saturated carbocycles. The molecule has 2 aliphatic rings. The Bertz CT molecular complexity index is 1140. The van der Waals surface area contributed by atoms with Crippen molar-refractivity contribution in [2.45, 2.75) is 51.9 Å². The molecule has 1 aromatic heterocycles. The molecule has 0 aliphatic carbocycles. The molecule has 1 unspecified atom stereocenters. The highest BCUT2D eigenvalue weighted by molar-refractivity contribution is 5.87. The SMILES string of the molecule is CCCCOc1cc2c(cc1OC)CCN1Cc3c(c4cc(OC)ccc4n3CO)CC21. The first kappa shape index (κ1) is 21.2. The summed E-state index contributed by atoms with van der Waals surface area (Å²) >= 11 is 0. The molecule has 6 heteroatoms. The van der Waals surface area contributed by atoms with E-state index in [4.69, 9.17) is 14.2 Å². The quantitative estimate of drug-likeness (QED) is 0.555. The summed E-state index contributed by atoms with van der Waals surface area (Å²) in [6.07, 6.45) is 4.02. The third-order valence-electron chi connectivity index (χ3n) is 7.03. The summed E-state index contributed by atoms with van der Waals surface area (Å²) in [6.45, 7) is 4.68. The molecular weight excluding hydrogens is 404 g/mol. The van der Waals surface area contributed by atoms with E-state index in [0.29, 0.717) is 6.61 Å². The molecule has 0 saturated heterocycles. The van der Waals surface area contributed by atoms with E-state index in [2.05, 4.69) is 36.1 Å². The van der Waals surface area contributed by atoms with Crippen LogP contribution in [0.3, 0.4) is 0 Å². The highest BCUT2D eigenvalue weighted by Gasteiger charge is 2.36. The molecule has 1 atom stereocenters. The van der Waals surface area contributed by atoms with Crippen LogP contribution in [0.2, 0.25) is 0 Å². The number of aromatic nitrogens is 1. The minimum absolute atomic E-state index is 0.0140. The normalized spacial score (nSPS) is 17.6. The van der Waals surface area contributed by atoms with E-state index >= 15 is 0 Å². The Labute approximate surface area is 189 Å². The van der Waals surface area contributed by atoms with Gasteiger partial charge in [0.2, 0.25) is 0 Å². The van der Waals surface area contributed by atoms with Crippen molar-refractivity contribution in [2.24, 2.45) is 0 Å². The van der Waals surface area contributed by atoms with E-state index in [0.717, 1.165) is 61.5 Å². The molecule has 3 aromatic rings. The number of hydrogen-bond acceptors (Lipinski definition) is 5. The Morgan fingerprint density at radius 1 is 1.09 bits per heavy atom. The van der Waals surface area contributed by atoms with Crippen molar-refractivity contribution >= 4 is 10.9 Å². The lowest BCUT2D eigenvalue weighted by Gasteiger charge is -2.41. The van der Waals surface area contributed by atoms with Crippen molar-refractivity contribution in [3.63, 3.8) is 0 Å². The number of hydrogen-bond donors (Lipinski definition) is 1. The molecule has 0 amide bonds. The number of unbranched alkanes of at least 4 members (excludes halogenated alkanes) is 1. The zero-order chi connectivity index (χ0) is 22.2. The molecule has 0 bridgehead atoms. The second kappa shape index (κ2) is 8.68. The van der Waals surface area contributed by atoms with Crippen molar-refractivity contribution in [3.8, 4) is 17.2 Å². The Kier molecular flexibility index (Phi) is 5.74. The largest absolute Gasteiger partial charge is 0.497 e. The third kappa shape index (κ3) is 3.42. The van der Waals surface area contributed by atoms with Crippen LogP contribution >= 0.6 is 0 Å². The number of nitrogens with zero attached hydrogens (tertiary/aromatic N) is 2. The van der Waals surface area contributed by atoms with Gasteiger partial charge in [0.05, 0.1) is 26.3 Å². The van der Waals surface area contributed by atoms with E-state index < -0.39 is 0 Å². The molecular formula is C26H32N2O4. The summed E-state index contributed by atoms with van der Waals surface area (Å²) in [4.78, 5) is 2.54. The monoisotopic (exact) mass is 436 g/mol. The van der Waals surface area contributed by atoms with Crippen molar-refractivity contribution in [1.82, 2.24) is 9.47 Å². The molecule has 5 rings (SSSR count). The molecule has 0 radical (unpaired) electrons. The minimum atomic E-state index is -0.0140. The highest BCUT2D eigenvalue weighted by atomic mass is 16.5. The summed E-state index contributed by atoms with van der Waals surface area (Å²) in [7, 11) is 3.41. The van der Waals surface area contributed by atoms with E-state index in [1.165, 1.54) is 27.8 Å². The summed E-state index contributed by atoms with van der Waals surface area (Å²) in [5.74, 6) is 2.51. The van der Waals surface area contributed by atoms with Gasteiger partial charge in [-0.25, -0.2) is 0 Å². The average molecular weight is 437 g/mol. The van der Waals surface area contributed by atoms with Crippen LogP contribution in [-0.4, -0.2) is 41.9 Å². The molecule has 3 heterocycles.